The molecule has 0 aliphatic carbocycles. The lowest BCUT2D eigenvalue weighted by molar-refractivity contribution is -0.130. The molecular formula is C11H21N3O2. The Labute approximate surface area is 96.4 Å². The standard InChI is InChI=1S/C11H21N3O2/c1-3-12-8(2)7-10(15)14-9-5-4-6-13-11(9)16/h8-9,12H,3-7H2,1-2H3,(H,13,16)(H,14,15). The van der Waals surface area contributed by atoms with Crippen molar-refractivity contribution < 1.29 is 9.59 Å². The zero-order valence-electron chi connectivity index (χ0n) is 10.0. The van der Waals surface area contributed by atoms with Crippen LogP contribution in [0.5, 0.6) is 0 Å². The monoisotopic (exact) mass is 227 g/mol. The first-order valence-electron chi connectivity index (χ1n) is 5.94. The molecule has 5 heteroatoms. The third-order valence-electron chi connectivity index (χ3n) is 2.66. The summed E-state index contributed by atoms with van der Waals surface area (Å²) in [5.74, 6) is -0.119. The largest absolute Gasteiger partial charge is 0.354 e. The Morgan fingerprint density at radius 1 is 1.62 bits per heavy atom. The molecule has 1 saturated heterocycles. The summed E-state index contributed by atoms with van der Waals surface area (Å²) in [4.78, 5) is 23.0. The highest BCUT2D eigenvalue weighted by Crippen LogP contribution is 2.03. The van der Waals surface area contributed by atoms with Gasteiger partial charge in [0.25, 0.3) is 0 Å². The number of amides is 2. The van der Waals surface area contributed by atoms with Crippen molar-refractivity contribution in [1.82, 2.24) is 16.0 Å². The van der Waals surface area contributed by atoms with Crippen LogP contribution in [0.4, 0.5) is 0 Å². The van der Waals surface area contributed by atoms with Crippen LogP contribution in [-0.2, 0) is 9.59 Å². The van der Waals surface area contributed by atoms with E-state index in [-0.39, 0.29) is 23.9 Å². The van der Waals surface area contributed by atoms with Crippen LogP contribution in [0.1, 0.15) is 33.1 Å². The third-order valence-corrected chi connectivity index (χ3v) is 2.66. The van der Waals surface area contributed by atoms with Gasteiger partial charge in [-0.1, -0.05) is 6.92 Å². The molecule has 1 heterocycles. The van der Waals surface area contributed by atoms with Crippen LogP contribution in [0.25, 0.3) is 0 Å². The molecule has 1 rings (SSSR count). The number of rotatable bonds is 5. The number of piperidine rings is 1. The summed E-state index contributed by atoms with van der Waals surface area (Å²) in [5.41, 5.74) is 0. The second-order valence-corrected chi connectivity index (χ2v) is 4.22. The van der Waals surface area contributed by atoms with Gasteiger partial charge in [0, 0.05) is 19.0 Å². The van der Waals surface area contributed by atoms with Gasteiger partial charge in [0.15, 0.2) is 0 Å². The minimum atomic E-state index is -0.338. The molecule has 2 atom stereocenters. The Balaban J connectivity index is 2.30. The summed E-state index contributed by atoms with van der Waals surface area (Å²) in [6.07, 6.45) is 2.09. The molecule has 1 aliphatic rings. The lowest BCUT2D eigenvalue weighted by Crippen LogP contribution is -2.51. The third kappa shape index (κ3) is 4.18. The fourth-order valence-electron chi connectivity index (χ4n) is 1.86. The highest BCUT2D eigenvalue weighted by atomic mass is 16.2. The summed E-state index contributed by atoms with van der Waals surface area (Å²) < 4.78 is 0. The maximum atomic E-state index is 11.6. The second kappa shape index (κ2) is 6.48. The molecule has 0 spiro atoms. The van der Waals surface area contributed by atoms with E-state index in [9.17, 15) is 9.59 Å². The van der Waals surface area contributed by atoms with Crippen molar-refractivity contribution in [2.45, 2.75) is 45.2 Å². The van der Waals surface area contributed by atoms with Crippen LogP contribution < -0.4 is 16.0 Å². The summed E-state index contributed by atoms with van der Waals surface area (Å²) in [5, 5.41) is 8.68. The normalized spacial score (nSPS) is 22.4. The van der Waals surface area contributed by atoms with Gasteiger partial charge in [0.1, 0.15) is 6.04 Å². The Hall–Kier alpha value is -1.10. The van der Waals surface area contributed by atoms with Crippen LogP contribution in [0.3, 0.4) is 0 Å². The molecule has 2 amide bonds. The summed E-state index contributed by atoms with van der Waals surface area (Å²) in [7, 11) is 0. The van der Waals surface area contributed by atoms with E-state index in [0.29, 0.717) is 6.42 Å². The molecule has 1 aliphatic heterocycles. The van der Waals surface area contributed by atoms with Gasteiger partial charge in [-0.2, -0.15) is 0 Å². The number of carbonyl (C=O) groups excluding carboxylic acids is 2. The lowest BCUT2D eigenvalue weighted by Gasteiger charge is -2.23. The predicted octanol–water partition coefficient (Wildman–Crippen LogP) is -0.231. The van der Waals surface area contributed by atoms with Gasteiger partial charge in [-0.15, -0.1) is 0 Å². The Bertz CT molecular complexity index is 256. The molecule has 0 radical (unpaired) electrons. The van der Waals surface area contributed by atoms with Crippen LogP contribution in [0, 0.1) is 0 Å². The maximum absolute atomic E-state index is 11.6. The molecule has 0 bridgehead atoms. The van der Waals surface area contributed by atoms with Crippen LogP contribution in [0.2, 0.25) is 0 Å². The van der Waals surface area contributed by atoms with E-state index in [1.165, 1.54) is 0 Å². The lowest BCUT2D eigenvalue weighted by atomic mass is 10.1. The zero-order chi connectivity index (χ0) is 12.0. The van der Waals surface area contributed by atoms with Crippen molar-refractivity contribution in [2.24, 2.45) is 0 Å². The molecule has 1 fully saturated rings. The first kappa shape index (κ1) is 13.0. The van der Waals surface area contributed by atoms with Gasteiger partial charge in [0.2, 0.25) is 11.8 Å². The Morgan fingerprint density at radius 2 is 2.38 bits per heavy atom. The topological polar surface area (TPSA) is 70.2 Å². The van der Waals surface area contributed by atoms with Crippen molar-refractivity contribution in [3.05, 3.63) is 0 Å². The van der Waals surface area contributed by atoms with Gasteiger partial charge in [-0.3, -0.25) is 9.59 Å². The van der Waals surface area contributed by atoms with E-state index in [1.807, 2.05) is 13.8 Å². The smallest absolute Gasteiger partial charge is 0.242 e. The van der Waals surface area contributed by atoms with Gasteiger partial charge in [-0.05, 0) is 26.3 Å². The molecule has 5 nitrogen and oxygen atoms in total. The highest BCUT2D eigenvalue weighted by molar-refractivity contribution is 5.88. The SMILES string of the molecule is CCNC(C)CC(=O)NC1CCCNC1=O. The number of carbonyl (C=O) groups is 2. The first-order valence-corrected chi connectivity index (χ1v) is 5.94. The van der Waals surface area contributed by atoms with Crippen molar-refractivity contribution in [3.63, 3.8) is 0 Å². The highest BCUT2D eigenvalue weighted by Gasteiger charge is 2.23. The van der Waals surface area contributed by atoms with Crippen molar-refractivity contribution >= 4 is 11.8 Å². The van der Waals surface area contributed by atoms with E-state index in [1.54, 1.807) is 0 Å². The van der Waals surface area contributed by atoms with Crippen LogP contribution in [0.15, 0.2) is 0 Å². The zero-order valence-corrected chi connectivity index (χ0v) is 10.0. The first-order chi connectivity index (χ1) is 7.63. The van der Waals surface area contributed by atoms with E-state index in [2.05, 4.69) is 16.0 Å². The molecule has 0 aromatic carbocycles. The predicted molar refractivity (Wildman–Crippen MR) is 61.9 cm³/mol. The summed E-state index contributed by atoms with van der Waals surface area (Å²) >= 11 is 0. The van der Waals surface area contributed by atoms with E-state index < -0.39 is 0 Å². The Kier molecular flexibility index (Phi) is 5.25. The molecule has 0 aromatic rings. The number of hydrogen-bond acceptors (Lipinski definition) is 3. The van der Waals surface area contributed by atoms with Gasteiger partial charge >= 0.3 is 0 Å². The van der Waals surface area contributed by atoms with Gasteiger partial charge < -0.3 is 16.0 Å². The average Bonchev–Trinajstić information content (AvgIpc) is 2.21. The van der Waals surface area contributed by atoms with Crippen molar-refractivity contribution in [3.8, 4) is 0 Å². The maximum Gasteiger partial charge on any atom is 0.242 e. The molecule has 0 saturated carbocycles. The molecule has 2 unspecified atom stereocenters. The minimum absolute atomic E-state index is 0.0595. The summed E-state index contributed by atoms with van der Waals surface area (Å²) in [6.45, 7) is 5.53. The fourth-order valence-corrected chi connectivity index (χ4v) is 1.86. The Morgan fingerprint density at radius 3 is 3.00 bits per heavy atom. The molecular weight excluding hydrogens is 206 g/mol. The van der Waals surface area contributed by atoms with E-state index in [0.717, 1.165) is 25.9 Å². The number of hydrogen-bond donors (Lipinski definition) is 3. The molecule has 92 valence electrons. The fraction of sp³-hybridized carbons (Fsp3) is 0.818. The van der Waals surface area contributed by atoms with Crippen LogP contribution >= 0.6 is 0 Å². The second-order valence-electron chi connectivity index (χ2n) is 4.22. The van der Waals surface area contributed by atoms with Crippen molar-refractivity contribution in [1.29, 1.82) is 0 Å². The van der Waals surface area contributed by atoms with Crippen molar-refractivity contribution in [2.75, 3.05) is 13.1 Å². The van der Waals surface area contributed by atoms with Gasteiger partial charge in [0.05, 0.1) is 0 Å². The van der Waals surface area contributed by atoms with Crippen LogP contribution in [-0.4, -0.2) is 37.0 Å². The average molecular weight is 227 g/mol. The number of nitrogens with one attached hydrogen (secondary N) is 3. The molecule has 0 aromatic heterocycles. The molecule has 3 N–H and O–H groups in total. The minimum Gasteiger partial charge on any atom is -0.354 e. The van der Waals surface area contributed by atoms with E-state index >= 15 is 0 Å². The molecule has 16 heavy (non-hydrogen) atoms. The van der Waals surface area contributed by atoms with Gasteiger partial charge in [-0.25, -0.2) is 0 Å². The quantitative estimate of drug-likeness (QED) is 0.607. The summed E-state index contributed by atoms with van der Waals surface area (Å²) in [6, 6.07) is -0.188. The van der Waals surface area contributed by atoms with E-state index in [4.69, 9.17) is 0 Å².